The zero-order chi connectivity index (χ0) is 17.3. The van der Waals surface area contributed by atoms with Crippen molar-refractivity contribution >= 4 is 33.3 Å². The fourth-order valence-electron chi connectivity index (χ4n) is 2.50. The van der Waals surface area contributed by atoms with Crippen LogP contribution < -0.4 is 10.2 Å². The third-order valence-electron chi connectivity index (χ3n) is 3.95. The molecule has 0 bridgehead atoms. The van der Waals surface area contributed by atoms with Crippen LogP contribution in [0.5, 0.6) is 0 Å². The minimum absolute atomic E-state index is 0.0585. The number of carbonyl (C=O) groups excluding carboxylic acids is 1. The van der Waals surface area contributed by atoms with Gasteiger partial charge in [0.1, 0.15) is 10.6 Å². The Kier molecular flexibility index (Phi) is 4.44. The lowest BCUT2D eigenvalue weighted by atomic mass is 10.2. The molecule has 0 fully saturated rings. The summed E-state index contributed by atoms with van der Waals surface area (Å²) in [5, 5.41) is 3.66. The van der Waals surface area contributed by atoms with E-state index in [-0.39, 0.29) is 12.5 Å². The highest BCUT2D eigenvalue weighted by atomic mass is 32.1. The number of carbonyl (C=O) groups is 1. The Morgan fingerprint density at radius 1 is 1.33 bits per heavy atom. The van der Waals surface area contributed by atoms with E-state index < -0.39 is 0 Å². The SMILES string of the molecule is CNC(=O)CN(C)c1nc(-c2cccnc2)nc2sc(C)c(C)c12. The summed E-state index contributed by atoms with van der Waals surface area (Å²) in [6.07, 6.45) is 3.47. The highest BCUT2D eigenvalue weighted by Crippen LogP contribution is 2.36. The third kappa shape index (κ3) is 2.94. The fourth-order valence-corrected chi connectivity index (χ4v) is 3.52. The molecular formula is C17H19N5OS. The van der Waals surface area contributed by atoms with Crippen molar-refractivity contribution in [3.05, 3.63) is 35.0 Å². The second-order valence-corrected chi connectivity index (χ2v) is 6.81. The van der Waals surface area contributed by atoms with E-state index in [9.17, 15) is 4.79 Å². The Morgan fingerprint density at radius 2 is 2.12 bits per heavy atom. The molecule has 6 nitrogen and oxygen atoms in total. The molecule has 0 aliphatic heterocycles. The Balaban J connectivity index is 2.19. The number of thiophene rings is 1. The molecule has 0 aliphatic rings. The van der Waals surface area contributed by atoms with E-state index in [1.807, 2.05) is 24.1 Å². The number of hydrogen-bond donors (Lipinski definition) is 1. The van der Waals surface area contributed by atoms with E-state index >= 15 is 0 Å². The molecule has 0 unspecified atom stereocenters. The van der Waals surface area contributed by atoms with Crippen LogP contribution in [0.15, 0.2) is 24.5 Å². The summed E-state index contributed by atoms with van der Waals surface area (Å²) in [6, 6.07) is 3.80. The molecule has 0 aromatic carbocycles. The van der Waals surface area contributed by atoms with Crippen molar-refractivity contribution in [3.8, 4) is 11.4 Å². The number of hydrogen-bond acceptors (Lipinski definition) is 6. The Labute approximate surface area is 144 Å². The average molecular weight is 341 g/mol. The number of nitrogens with one attached hydrogen (secondary N) is 1. The van der Waals surface area contributed by atoms with Gasteiger partial charge in [-0.1, -0.05) is 0 Å². The number of likely N-dealkylation sites (N-methyl/N-ethyl adjacent to an activating group) is 2. The first-order valence-electron chi connectivity index (χ1n) is 7.61. The largest absolute Gasteiger partial charge is 0.358 e. The van der Waals surface area contributed by atoms with Crippen molar-refractivity contribution < 1.29 is 4.79 Å². The maximum atomic E-state index is 11.8. The van der Waals surface area contributed by atoms with Gasteiger partial charge in [-0.05, 0) is 31.5 Å². The Bertz CT molecular complexity index is 891. The predicted octanol–water partition coefficient (Wildman–Crippen LogP) is 2.55. The molecule has 0 saturated carbocycles. The molecule has 1 N–H and O–H groups in total. The summed E-state index contributed by atoms with van der Waals surface area (Å²) in [6.45, 7) is 4.38. The number of aryl methyl sites for hydroxylation is 2. The molecule has 1 amide bonds. The van der Waals surface area contributed by atoms with Gasteiger partial charge in [0.15, 0.2) is 5.82 Å². The third-order valence-corrected chi connectivity index (χ3v) is 5.05. The molecule has 0 aliphatic carbocycles. The molecule has 0 radical (unpaired) electrons. The highest BCUT2D eigenvalue weighted by molar-refractivity contribution is 7.18. The van der Waals surface area contributed by atoms with Crippen molar-refractivity contribution in [3.63, 3.8) is 0 Å². The van der Waals surface area contributed by atoms with Crippen LogP contribution in [0, 0.1) is 13.8 Å². The summed E-state index contributed by atoms with van der Waals surface area (Å²) in [4.78, 5) is 29.4. The molecule has 3 aromatic heterocycles. The summed E-state index contributed by atoms with van der Waals surface area (Å²) >= 11 is 1.65. The topological polar surface area (TPSA) is 71.0 Å². The number of anilines is 1. The van der Waals surface area contributed by atoms with Gasteiger partial charge in [-0.15, -0.1) is 11.3 Å². The normalized spacial score (nSPS) is 10.8. The van der Waals surface area contributed by atoms with E-state index in [1.54, 1.807) is 30.8 Å². The van der Waals surface area contributed by atoms with Gasteiger partial charge in [-0.25, -0.2) is 9.97 Å². The molecule has 3 rings (SSSR count). The molecule has 124 valence electrons. The van der Waals surface area contributed by atoms with Gasteiger partial charge < -0.3 is 10.2 Å². The molecule has 0 atom stereocenters. The van der Waals surface area contributed by atoms with Crippen molar-refractivity contribution in [1.82, 2.24) is 20.3 Å². The summed E-state index contributed by atoms with van der Waals surface area (Å²) < 4.78 is 0. The standard InChI is InChI=1S/C17H19N5OS/c1-10-11(2)24-17-14(10)16(22(4)9-13(23)18-3)20-15(21-17)12-6-5-7-19-8-12/h5-8H,9H2,1-4H3,(H,18,23). The van der Waals surface area contributed by atoms with Crippen molar-refractivity contribution in [2.24, 2.45) is 0 Å². The molecule has 0 saturated heterocycles. The lowest BCUT2D eigenvalue weighted by molar-refractivity contribution is -0.119. The maximum absolute atomic E-state index is 11.8. The number of fused-ring (bicyclic) bond motifs is 1. The van der Waals surface area contributed by atoms with Crippen LogP contribution in [-0.4, -0.2) is 41.5 Å². The Morgan fingerprint density at radius 3 is 2.79 bits per heavy atom. The van der Waals surface area contributed by atoms with Gasteiger partial charge in [0.05, 0.1) is 11.9 Å². The summed E-state index contributed by atoms with van der Waals surface area (Å²) in [7, 11) is 3.50. The molecule has 24 heavy (non-hydrogen) atoms. The fraction of sp³-hybridized carbons (Fsp3) is 0.294. The molecule has 3 aromatic rings. The molecule has 3 heterocycles. The maximum Gasteiger partial charge on any atom is 0.239 e. The first kappa shape index (κ1) is 16.3. The smallest absolute Gasteiger partial charge is 0.239 e. The monoisotopic (exact) mass is 341 g/mol. The van der Waals surface area contributed by atoms with E-state index in [2.05, 4.69) is 24.1 Å². The number of aromatic nitrogens is 3. The highest BCUT2D eigenvalue weighted by Gasteiger charge is 2.19. The van der Waals surface area contributed by atoms with Crippen LogP contribution in [0.25, 0.3) is 21.6 Å². The second-order valence-electron chi connectivity index (χ2n) is 5.61. The van der Waals surface area contributed by atoms with Gasteiger partial charge in [0.25, 0.3) is 0 Å². The predicted molar refractivity (Wildman–Crippen MR) is 97.5 cm³/mol. The summed E-state index contributed by atoms with van der Waals surface area (Å²) in [5.74, 6) is 1.33. The van der Waals surface area contributed by atoms with E-state index in [0.29, 0.717) is 5.82 Å². The summed E-state index contributed by atoms with van der Waals surface area (Å²) in [5.41, 5.74) is 2.02. The van der Waals surface area contributed by atoms with Crippen molar-refractivity contribution in [2.45, 2.75) is 13.8 Å². The van der Waals surface area contributed by atoms with Crippen LogP contribution in [-0.2, 0) is 4.79 Å². The van der Waals surface area contributed by atoms with Crippen molar-refractivity contribution in [2.75, 3.05) is 25.5 Å². The van der Waals surface area contributed by atoms with Crippen LogP contribution in [0.3, 0.4) is 0 Å². The van der Waals surface area contributed by atoms with Crippen LogP contribution >= 0.6 is 11.3 Å². The number of pyridine rings is 1. The van der Waals surface area contributed by atoms with Gasteiger partial charge in [0.2, 0.25) is 5.91 Å². The van der Waals surface area contributed by atoms with E-state index in [4.69, 9.17) is 9.97 Å². The van der Waals surface area contributed by atoms with Gasteiger partial charge >= 0.3 is 0 Å². The zero-order valence-electron chi connectivity index (χ0n) is 14.1. The molecule has 0 spiro atoms. The van der Waals surface area contributed by atoms with Gasteiger partial charge in [0, 0.05) is 36.9 Å². The minimum Gasteiger partial charge on any atom is -0.358 e. The number of amides is 1. The van der Waals surface area contributed by atoms with Crippen LogP contribution in [0.1, 0.15) is 10.4 Å². The minimum atomic E-state index is -0.0585. The Hall–Kier alpha value is -2.54. The lowest BCUT2D eigenvalue weighted by Crippen LogP contribution is -2.33. The van der Waals surface area contributed by atoms with Gasteiger partial charge in [-0.2, -0.15) is 0 Å². The average Bonchev–Trinajstić information content (AvgIpc) is 2.89. The molecule has 7 heteroatoms. The van der Waals surface area contributed by atoms with Crippen LogP contribution in [0.4, 0.5) is 5.82 Å². The molecular weight excluding hydrogens is 322 g/mol. The van der Waals surface area contributed by atoms with E-state index in [0.717, 1.165) is 27.2 Å². The first-order chi connectivity index (χ1) is 11.5. The lowest BCUT2D eigenvalue weighted by Gasteiger charge is -2.19. The number of nitrogens with zero attached hydrogens (tertiary/aromatic N) is 4. The van der Waals surface area contributed by atoms with Crippen molar-refractivity contribution in [1.29, 1.82) is 0 Å². The van der Waals surface area contributed by atoms with Gasteiger partial charge in [-0.3, -0.25) is 9.78 Å². The quantitative estimate of drug-likeness (QED) is 0.790. The first-order valence-corrected chi connectivity index (χ1v) is 8.42. The second kappa shape index (κ2) is 6.52. The number of rotatable bonds is 4. The zero-order valence-corrected chi connectivity index (χ0v) is 14.9. The van der Waals surface area contributed by atoms with E-state index in [1.165, 1.54) is 4.88 Å². The van der Waals surface area contributed by atoms with Crippen LogP contribution in [0.2, 0.25) is 0 Å².